The molecule has 0 saturated heterocycles. The van der Waals surface area contributed by atoms with E-state index in [1.54, 1.807) is 0 Å². The summed E-state index contributed by atoms with van der Waals surface area (Å²) in [4.78, 5) is 0. The summed E-state index contributed by atoms with van der Waals surface area (Å²) in [5.74, 6) is 0.320. The summed E-state index contributed by atoms with van der Waals surface area (Å²) in [5.41, 5.74) is 16.4. The van der Waals surface area contributed by atoms with Crippen molar-refractivity contribution in [2.45, 2.75) is 64.3 Å². The molecule has 0 saturated carbocycles. The van der Waals surface area contributed by atoms with Crippen LogP contribution in [0, 0.1) is 5.41 Å². The maximum Gasteiger partial charge on any atom is 0.218 e. The van der Waals surface area contributed by atoms with Gasteiger partial charge in [0.05, 0.1) is 40.9 Å². The smallest absolute Gasteiger partial charge is 0.218 e. The van der Waals surface area contributed by atoms with Crippen LogP contribution in [0.2, 0.25) is 0 Å². The van der Waals surface area contributed by atoms with Gasteiger partial charge in [-0.15, -0.1) is 11.3 Å². The number of thiophene rings is 1. The molecule has 13 rings (SSSR count). The highest BCUT2D eigenvalue weighted by molar-refractivity contribution is 7.26. The van der Waals surface area contributed by atoms with Crippen molar-refractivity contribution in [2.75, 3.05) is 0 Å². The lowest BCUT2D eigenvalue weighted by Crippen LogP contribution is -2.74. The van der Waals surface area contributed by atoms with Crippen LogP contribution in [-0.2, 0) is 24.8 Å². The third-order valence-corrected chi connectivity index (χ3v) is 15.1. The number of fused-ring (bicyclic) bond motifs is 16. The van der Waals surface area contributed by atoms with E-state index < -0.39 is 0 Å². The first-order chi connectivity index (χ1) is 27.8. The monoisotopic (exact) mass is 753 g/mol. The SMILES string of the molecule is C=C1CC23Cc4cc(CC(C)(C)C)cc([n+]42)-c2cc4c5cc6c7ccccc7sc6c6c7ccccc7n(c4cc2C3CCc2ccccc2-c2cccc[n+]21)c56. The first-order valence-corrected chi connectivity index (χ1v) is 21.5. The lowest BCUT2D eigenvalue weighted by Gasteiger charge is -2.47. The number of hydrogen-bond donors (Lipinski definition) is 0. The fraction of sp³-hybridized carbons (Fsp3) is 0.208. The zero-order valence-electron chi connectivity index (χ0n) is 32.7. The number of nitrogens with zero attached hydrogens (tertiary/aromatic N) is 3. The highest BCUT2D eigenvalue weighted by Crippen LogP contribution is 2.55. The van der Waals surface area contributed by atoms with Gasteiger partial charge in [-0.1, -0.05) is 75.4 Å². The Labute approximate surface area is 336 Å². The first kappa shape index (κ1) is 32.3. The molecule has 8 heterocycles. The van der Waals surface area contributed by atoms with Crippen molar-refractivity contribution in [1.82, 2.24) is 4.40 Å². The van der Waals surface area contributed by atoms with E-state index in [-0.39, 0.29) is 11.0 Å². The van der Waals surface area contributed by atoms with E-state index in [1.807, 2.05) is 11.3 Å². The maximum atomic E-state index is 4.89. The molecule has 3 nitrogen and oxygen atoms in total. The highest BCUT2D eigenvalue weighted by Gasteiger charge is 2.63. The van der Waals surface area contributed by atoms with E-state index in [0.29, 0.717) is 5.92 Å². The van der Waals surface area contributed by atoms with Crippen LogP contribution < -0.4 is 9.13 Å². The molecule has 0 N–H and O–H groups in total. The summed E-state index contributed by atoms with van der Waals surface area (Å²) in [6.45, 7) is 12.0. The number of rotatable bonds is 1. The second-order valence-corrected chi connectivity index (χ2v) is 19.5. The third kappa shape index (κ3) is 4.21. The molecule has 1 spiro atoms. The lowest BCUT2D eigenvalue weighted by molar-refractivity contribution is -0.809. The van der Waals surface area contributed by atoms with Gasteiger partial charge < -0.3 is 4.40 Å². The molecule has 0 bridgehead atoms. The summed E-state index contributed by atoms with van der Waals surface area (Å²) >= 11 is 1.95. The van der Waals surface area contributed by atoms with Crippen LogP contribution in [0.25, 0.3) is 86.5 Å². The van der Waals surface area contributed by atoms with Crippen molar-refractivity contribution in [3.63, 3.8) is 0 Å². The number of aromatic nitrogens is 3. The molecule has 3 aliphatic rings. The molecule has 0 radical (unpaired) electrons. The van der Waals surface area contributed by atoms with Crippen molar-refractivity contribution < 1.29 is 9.13 Å². The standard InChI is InChI=1S/C53H43N3S/c1-31-28-53-30-34-23-32(29-52(2,3)4)24-47(56(34)53)39-25-40-41-26-42-36-15-8-10-19-48(36)57-51(42)49-37-16-7-9-18-45(37)55(50(41)49)46(40)27-38(39)43(53)21-20-33-13-5-6-14-35(33)44-17-11-12-22-54(31)44/h5-19,22-27,43H,1,20-21,28-30H2,2-4H3/q+2. The van der Waals surface area contributed by atoms with Crippen molar-refractivity contribution in [2.24, 2.45) is 5.41 Å². The minimum Gasteiger partial charge on any atom is -0.308 e. The Hall–Kier alpha value is -5.84. The van der Waals surface area contributed by atoms with Gasteiger partial charge in [-0.3, -0.25) is 0 Å². The first-order valence-electron chi connectivity index (χ1n) is 20.7. The normalized spacial score (nSPS) is 18.9. The van der Waals surface area contributed by atoms with Gasteiger partial charge in [0.1, 0.15) is 0 Å². The third-order valence-electron chi connectivity index (χ3n) is 13.9. The summed E-state index contributed by atoms with van der Waals surface area (Å²) < 4.78 is 10.6. The molecule has 0 fully saturated rings. The molecule has 2 atom stereocenters. The fourth-order valence-electron chi connectivity index (χ4n) is 11.8. The van der Waals surface area contributed by atoms with Gasteiger partial charge in [0.2, 0.25) is 11.4 Å². The molecule has 0 aliphatic carbocycles. The van der Waals surface area contributed by atoms with Gasteiger partial charge in [-0.25, -0.2) is 0 Å². The fourth-order valence-corrected chi connectivity index (χ4v) is 13.1. The van der Waals surface area contributed by atoms with E-state index in [1.165, 1.54) is 103 Å². The minimum absolute atomic E-state index is 0.100. The molecule has 2 unspecified atom stereocenters. The van der Waals surface area contributed by atoms with E-state index in [9.17, 15) is 0 Å². The molecule has 5 aromatic carbocycles. The minimum atomic E-state index is -0.100. The second kappa shape index (κ2) is 11.0. The number of pyridine rings is 2. The summed E-state index contributed by atoms with van der Waals surface area (Å²) in [5, 5.41) is 8.21. The molecule has 57 heavy (non-hydrogen) atoms. The Morgan fingerprint density at radius 2 is 1.54 bits per heavy atom. The van der Waals surface area contributed by atoms with Crippen LogP contribution >= 0.6 is 11.3 Å². The Morgan fingerprint density at radius 3 is 2.44 bits per heavy atom. The van der Waals surface area contributed by atoms with Crippen LogP contribution in [0.1, 0.15) is 61.9 Å². The van der Waals surface area contributed by atoms with Crippen LogP contribution in [0.15, 0.2) is 134 Å². The van der Waals surface area contributed by atoms with Crippen LogP contribution in [0.5, 0.6) is 0 Å². The van der Waals surface area contributed by atoms with Gasteiger partial charge in [-0.2, -0.15) is 9.13 Å². The quantitative estimate of drug-likeness (QED) is 0.148. The summed E-state index contributed by atoms with van der Waals surface area (Å²) in [6, 6.07) is 46.7. The number of aryl methyl sites for hydroxylation is 1. The summed E-state index contributed by atoms with van der Waals surface area (Å²) in [6.07, 6.45) is 7.35. The number of para-hydroxylation sites is 1. The molecule has 4 heteroatoms. The van der Waals surface area contributed by atoms with E-state index in [0.717, 1.165) is 37.8 Å². The molecular formula is C53H43N3S+2. The molecule has 5 aromatic heterocycles. The van der Waals surface area contributed by atoms with Crippen molar-refractivity contribution in [3.8, 4) is 22.5 Å². The van der Waals surface area contributed by atoms with Crippen molar-refractivity contribution in [1.29, 1.82) is 0 Å². The van der Waals surface area contributed by atoms with Crippen LogP contribution in [0.3, 0.4) is 0 Å². The zero-order valence-corrected chi connectivity index (χ0v) is 33.5. The zero-order chi connectivity index (χ0) is 37.9. The number of hydrogen-bond acceptors (Lipinski definition) is 1. The summed E-state index contributed by atoms with van der Waals surface area (Å²) in [7, 11) is 0. The van der Waals surface area contributed by atoms with Gasteiger partial charge in [0.25, 0.3) is 0 Å². The van der Waals surface area contributed by atoms with Crippen LogP contribution in [-0.4, -0.2) is 4.40 Å². The van der Waals surface area contributed by atoms with Crippen LogP contribution in [0.4, 0.5) is 0 Å². The topological polar surface area (TPSA) is 12.2 Å². The molecule has 10 aromatic rings. The Bertz CT molecular complexity index is 3410. The maximum absolute atomic E-state index is 4.89. The van der Waals surface area contributed by atoms with Gasteiger partial charge in [0, 0.05) is 71.5 Å². The highest BCUT2D eigenvalue weighted by atomic mass is 32.1. The number of allylic oxidation sites excluding steroid dienone is 1. The molecule has 0 amide bonds. The van der Waals surface area contributed by atoms with E-state index >= 15 is 0 Å². The number of benzene rings is 5. The predicted octanol–water partition coefficient (Wildman–Crippen LogP) is 12.6. The van der Waals surface area contributed by atoms with Gasteiger partial charge in [-0.05, 0) is 90.4 Å². The predicted molar refractivity (Wildman–Crippen MR) is 238 cm³/mol. The average Bonchev–Trinajstić information content (AvgIpc) is 3.85. The second-order valence-electron chi connectivity index (χ2n) is 18.5. The van der Waals surface area contributed by atoms with E-state index in [2.05, 4.69) is 162 Å². The molecule has 274 valence electrons. The largest absolute Gasteiger partial charge is 0.308 e. The molecular weight excluding hydrogens is 711 g/mol. The Kier molecular flexibility index (Phi) is 6.21. The average molecular weight is 754 g/mol. The van der Waals surface area contributed by atoms with Gasteiger partial charge >= 0.3 is 0 Å². The Balaban J connectivity index is 1.14. The van der Waals surface area contributed by atoms with Gasteiger partial charge in [0.15, 0.2) is 23.1 Å². The molecule has 3 aliphatic heterocycles. The Morgan fingerprint density at radius 1 is 0.737 bits per heavy atom. The van der Waals surface area contributed by atoms with E-state index in [4.69, 9.17) is 6.58 Å². The van der Waals surface area contributed by atoms with Crippen molar-refractivity contribution in [3.05, 3.63) is 156 Å². The lowest BCUT2D eigenvalue weighted by atomic mass is 9.62. The van der Waals surface area contributed by atoms with Crippen molar-refractivity contribution >= 4 is 75.3 Å².